The minimum absolute atomic E-state index is 0.00588. The molecule has 112 valence electrons. The van der Waals surface area contributed by atoms with Crippen molar-refractivity contribution in [3.05, 3.63) is 0 Å². The van der Waals surface area contributed by atoms with Gasteiger partial charge in [0.25, 0.3) is 5.97 Å². The number of rotatable bonds is 14. The SMILES string of the molecule is CCCCCCCCCCCCC(=O)O[Si]CCC. The quantitative estimate of drug-likeness (QED) is 0.320. The van der Waals surface area contributed by atoms with Crippen molar-refractivity contribution in [1.29, 1.82) is 0 Å². The molecule has 0 saturated carbocycles. The topological polar surface area (TPSA) is 26.3 Å². The van der Waals surface area contributed by atoms with Crippen LogP contribution < -0.4 is 0 Å². The second kappa shape index (κ2) is 15.7. The van der Waals surface area contributed by atoms with E-state index < -0.39 is 0 Å². The van der Waals surface area contributed by atoms with Crippen molar-refractivity contribution in [2.45, 2.75) is 96.9 Å². The summed E-state index contributed by atoms with van der Waals surface area (Å²) in [5.74, 6) is 0.00588. The normalized spacial score (nSPS) is 10.6. The van der Waals surface area contributed by atoms with Crippen LogP contribution in [-0.2, 0) is 9.22 Å². The molecule has 0 aromatic carbocycles. The summed E-state index contributed by atoms with van der Waals surface area (Å²) in [5.41, 5.74) is 0. The zero-order valence-electron chi connectivity index (χ0n) is 13.0. The molecular formula is C16H32O2Si. The largest absolute Gasteiger partial charge is 0.516 e. The molecule has 0 bridgehead atoms. The predicted molar refractivity (Wildman–Crippen MR) is 83.4 cm³/mol. The summed E-state index contributed by atoms with van der Waals surface area (Å²) in [7, 11) is 0.375. The van der Waals surface area contributed by atoms with Crippen LogP contribution in [0, 0.1) is 0 Å². The third kappa shape index (κ3) is 15.6. The van der Waals surface area contributed by atoms with Gasteiger partial charge in [0, 0.05) is 6.42 Å². The number of hydrogen-bond donors (Lipinski definition) is 0. The van der Waals surface area contributed by atoms with Gasteiger partial charge >= 0.3 is 9.76 Å². The molecule has 0 aliphatic rings. The van der Waals surface area contributed by atoms with Crippen LogP contribution >= 0.6 is 0 Å². The summed E-state index contributed by atoms with van der Waals surface area (Å²) < 4.78 is 5.15. The van der Waals surface area contributed by atoms with Crippen LogP contribution in [-0.4, -0.2) is 15.7 Å². The van der Waals surface area contributed by atoms with Crippen molar-refractivity contribution in [2.75, 3.05) is 0 Å². The van der Waals surface area contributed by atoms with Gasteiger partial charge in [-0.25, -0.2) is 0 Å². The second-order valence-electron chi connectivity index (χ2n) is 5.30. The fourth-order valence-electron chi connectivity index (χ4n) is 2.04. The standard InChI is InChI=1S/C16H32O2Si/c1-3-5-6-7-8-9-10-11-12-13-14-16(17)18-19-15-4-2/h3-15H2,1-2H3. The number of carbonyl (C=O) groups is 1. The van der Waals surface area contributed by atoms with Crippen LogP contribution in [0.1, 0.15) is 90.9 Å². The van der Waals surface area contributed by atoms with Crippen molar-refractivity contribution < 1.29 is 9.22 Å². The first-order valence-electron chi connectivity index (χ1n) is 8.23. The van der Waals surface area contributed by atoms with E-state index in [1.807, 2.05) is 0 Å². The Bertz CT molecular complexity index is 195. The summed E-state index contributed by atoms with van der Waals surface area (Å²) in [6.45, 7) is 4.37. The Morgan fingerprint density at radius 1 is 0.789 bits per heavy atom. The van der Waals surface area contributed by atoms with E-state index in [9.17, 15) is 4.79 Å². The van der Waals surface area contributed by atoms with Gasteiger partial charge in [-0.1, -0.05) is 78.1 Å². The first-order chi connectivity index (χ1) is 9.31. The van der Waals surface area contributed by atoms with E-state index in [0.717, 1.165) is 18.9 Å². The Labute approximate surface area is 122 Å². The van der Waals surface area contributed by atoms with Crippen LogP contribution in [0.5, 0.6) is 0 Å². The van der Waals surface area contributed by atoms with Gasteiger partial charge in [0.1, 0.15) is 0 Å². The number of hydrogen-bond acceptors (Lipinski definition) is 2. The third-order valence-electron chi connectivity index (χ3n) is 3.27. The Morgan fingerprint density at radius 3 is 1.84 bits per heavy atom. The summed E-state index contributed by atoms with van der Waals surface area (Å²) in [5, 5.41) is 0. The fraction of sp³-hybridized carbons (Fsp3) is 0.938. The maximum Gasteiger partial charge on any atom is 0.314 e. The van der Waals surface area contributed by atoms with E-state index in [4.69, 9.17) is 4.43 Å². The molecule has 0 N–H and O–H groups in total. The highest BCUT2D eigenvalue weighted by Crippen LogP contribution is 2.11. The number of unbranched alkanes of at least 4 members (excludes halogenated alkanes) is 9. The zero-order chi connectivity index (χ0) is 14.2. The van der Waals surface area contributed by atoms with Crippen molar-refractivity contribution in [3.63, 3.8) is 0 Å². The third-order valence-corrected chi connectivity index (χ3v) is 4.35. The molecule has 0 aromatic rings. The van der Waals surface area contributed by atoms with Crippen LogP contribution in [0.3, 0.4) is 0 Å². The van der Waals surface area contributed by atoms with Gasteiger partial charge < -0.3 is 4.43 Å². The van der Waals surface area contributed by atoms with Gasteiger partial charge in [-0.2, -0.15) is 0 Å². The summed E-state index contributed by atoms with van der Waals surface area (Å²) in [4.78, 5) is 11.3. The van der Waals surface area contributed by atoms with Gasteiger partial charge in [-0.3, -0.25) is 4.79 Å². The van der Waals surface area contributed by atoms with E-state index in [2.05, 4.69) is 13.8 Å². The Balaban J connectivity index is 3.07. The molecule has 2 radical (unpaired) electrons. The first-order valence-corrected chi connectivity index (χ1v) is 9.35. The minimum Gasteiger partial charge on any atom is -0.516 e. The van der Waals surface area contributed by atoms with E-state index in [0.29, 0.717) is 16.2 Å². The highest BCUT2D eigenvalue weighted by atomic mass is 28.2. The fourth-order valence-corrected chi connectivity index (χ4v) is 2.61. The summed E-state index contributed by atoms with van der Waals surface area (Å²) in [6, 6.07) is 1.02. The molecule has 0 aliphatic carbocycles. The zero-order valence-corrected chi connectivity index (χ0v) is 14.0. The number of carbonyl (C=O) groups excluding carboxylic acids is 1. The molecular weight excluding hydrogens is 252 g/mol. The predicted octanol–water partition coefficient (Wildman–Crippen LogP) is 5.29. The van der Waals surface area contributed by atoms with Crippen LogP contribution in [0.4, 0.5) is 0 Å². The van der Waals surface area contributed by atoms with Crippen molar-refractivity contribution >= 4 is 15.7 Å². The lowest BCUT2D eigenvalue weighted by Crippen LogP contribution is -2.07. The summed E-state index contributed by atoms with van der Waals surface area (Å²) >= 11 is 0. The molecule has 0 fully saturated rings. The van der Waals surface area contributed by atoms with Gasteiger partial charge in [0.05, 0.1) is 0 Å². The molecule has 0 amide bonds. The van der Waals surface area contributed by atoms with Crippen molar-refractivity contribution in [2.24, 2.45) is 0 Å². The lowest BCUT2D eigenvalue weighted by atomic mass is 10.1. The maximum absolute atomic E-state index is 11.3. The molecule has 3 heteroatoms. The molecule has 2 nitrogen and oxygen atoms in total. The van der Waals surface area contributed by atoms with Gasteiger partial charge in [-0.15, -0.1) is 0 Å². The van der Waals surface area contributed by atoms with E-state index in [-0.39, 0.29) is 5.97 Å². The molecule has 0 aromatic heterocycles. The first kappa shape index (κ1) is 18.7. The Hall–Kier alpha value is -0.313. The van der Waals surface area contributed by atoms with Gasteiger partial charge in [0.15, 0.2) is 0 Å². The molecule has 0 spiro atoms. The molecule has 0 atom stereocenters. The molecule has 0 rings (SSSR count). The molecule has 0 heterocycles. The molecule has 0 saturated heterocycles. The Kier molecular flexibility index (Phi) is 15.5. The average molecular weight is 285 g/mol. The maximum atomic E-state index is 11.3. The van der Waals surface area contributed by atoms with Crippen LogP contribution in [0.25, 0.3) is 0 Å². The molecule has 19 heavy (non-hydrogen) atoms. The van der Waals surface area contributed by atoms with E-state index in [1.54, 1.807) is 0 Å². The average Bonchev–Trinajstić information content (AvgIpc) is 2.41. The minimum atomic E-state index is 0.00588. The lowest BCUT2D eigenvalue weighted by molar-refractivity contribution is -0.134. The second-order valence-corrected chi connectivity index (χ2v) is 6.29. The highest BCUT2D eigenvalue weighted by molar-refractivity contribution is 6.30. The molecule has 0 aliphatic heterocycles. The summed E-state index contributed by atoms with van der Waals surface area (Å²) in [6.07, 6.45) is 14.8. The van der Waals surface area contributed by atoms with Gasteiger partial charge in [-0.05, 0) is 12.5 Å². The smallest absolute Gasteiger partial charge is 0.314 e. The van der Waals surface area contributed by atoms with Crippen molar-refractivity contribution in [3.8, 4) is 0 Å². The van der Waals surface area contributed by atoms with Crippen molar-refractivity contribution in [1.82, 2.24) is 0 Å². The van der Waals surface area contributed by atoms with Crippen LogP contribution in [0.2, 0.25) is 6.04 Å². The molecule has 0 unspecified atom stereocenters. The van der Waals surface area contributed by atoms with E-state index >= 15 is 0 Å². The Morgan fingerprint density at radius 2 is 1.32 bits per heavy atom. The van der Waals surface area contributed by atoms with Gasteiger partial charge in [0.2, 0.25) is 0 Å². The van der Waals surface area contributed by atoms with E-state index in [1.165, 1.54) is 57.8 Å². The highest BCUT2D eigenvalue weighted by Gasteiger charge is 2.02. The lowest BCUT2D eigenvalue weighted by Gasteiger charge is -2.03. The monoisotopic (exact) mass is 284 g/mol. The van der Waals surface area contributed by atoms with Crippen LogP contribution in [0.15, 0.2) is 0 Å².